The molecule has 1 aromatic carbocycles. The van der Waals surface area contributed by atoms with E-state index in [1.165, 1.54) is 31.6 Å². The number of hydrogen-bond acceptors (Lipinski definition) is 3. The van der Waals surface area contributed by atoms with Crippen molar-refractivity contribution in [2.45, 2.75) is 26.7 Å². The molecule has 1 aliphatic heterocycles. The van der Waals surface area contributed by atoms with Crippen LogP contribution in [0.2, 0.25) is 0 Å². The molecule has 1 atom stereocenters. The Hall–Kier alpha value is -1.06. The van der Waals surface area contributed by atoms with Gasteiger partial charge in [-0.25, -0.2) is 0 Å². The smallest absolute Gasteiger partial charge is 0.122 e. The van der Waals surface area contributed by atoms with Crippen molar-refractivity contribution in [3.8, 4) is 5.75 Å². The Bertz CT molecular complexity index is 419. The highest BCUT2D eigenvalue weighted by molar-refractivity contribution is 5.33. The summed E-state index contributed by atoms with van der Waals surface area (Å²) in [5.74, 6) is 2.58. The number of methoxy groups -OCH3 is 1. The Morgan fingerprint density at radius 2 is 2.14 bits per heavy atom. The van der Waals surface area contributed by atoms with Crippen molar-refractivity contribution in [1.82, 2.24) is 10.2 Å². The summed E-state index contributed by atoms with van der Waals surface area (Å²) in [5.41, 5.74) is 1.32. The molecule has 1 aliphatic rings. The molecule has 2 rings (SSSR count). The van der Waals surface area contributed by atoms with Gasteiger partial charge in [-0.15, -0.1) is 0 Å². The molecule has 1 saturated heterocycles. The SMILES string of the molecule is COc1ccccc1CCN1CCC(CNCC(C)C)C1. The van der Waals surface area contributed by atoms with Crippen LogP contribution >= 0.6 is 0 Å². The summed E-state index contributed by atoms with van der Waals surface area (Å²) in [4.78, 5) is 2.59. The highest BCUT2D eigenvalue weighted by Gasteiger charge is 2.21. The lowest BCUT2D eigenvalue weighted by molar-refractivity contribution is 0.322. The van der Waals surface area contributed by atoms with Crippen LogP contribution < -0.4 is 10.1 Å². The van der Waals surface area contributed by atoms with Crippen molar-refractivity contribution in [3.63, 3.8) is 0 Å². The van der Waals surface area contributed by atoms with E-state index < -0.39 is 0 Å². The van der Waals surface area contributed by atoms with Crippen LogP contribution in [0.5, 0.6) is 5.75 Å². The zero-order chi connectivity index (χ0) is 15.1. The molecule has 3 nitrogen and oxygen atoms in total. The molecule has 1 fully saturated rings. The minimum absolute atomic E-state index is 0.744. The van der Waals surface area contributed by atoms with Gasteiger partial charge in [0.2, 0.25) is 0 Å². The number of likely N-dealkylation sites (tertiary alicyclic amines) is 1. The fraction of sp³-hybridized carbons (Fsp3) is 0.667. The van der Waals surface area contributed by atoms with Crippen molar-refractivity contribution in [2.75, 3.05) is 39.8 Å². The van der Waals surface area contributed by atoms with E-state index in [4.69, 9.17) is 4.74 Å². The molecule has 1 N–H and O–H groups in total. The molecule has 21 heavy (non-hydrogen) atoms. The van der Waals surface area contributed by atoms with Gasteiger partial charge in [-0.1, -0.05) is 32.0 Å². The molecule has 1 unspecified atom stereocenters. The second kappa shape index (κ2) is 8.40. The Morgan fingerprint density at radius 3 is 2.90 bits per heavy atom. The van der Waals surface area contributed by atoms with Crippen LogP contribution in [0.1, 0.15) is 25.8 Å². The van der Waals surface area contributed by atoms with Gasteiger partial charge in [0.05, 0.1) is 7.11 Å². The van der Waals surface area contributed by atoms with Crippen molar-refractivity contribution in [2.24, 2.45) is 11.8 Å². The summed E-state index contributed by atoms with van der Waals surface area (Å²) in [7, 11) is 1.76. The molecule has 0 bridgehead atoms. The molecule has 0 aliphatic carbocycles. The summed E-state index contributed by atoms with van der Waals surface area (Å²) in [6, 6.07) is 8.36. The molecular formula is C18H30N2O. The van der Waals surface area contributed by atoms with Crippen LogP contribution in [0.3, 0.4) is 0 Å². The second-order valence-electron chi connectivity index (χ2n) is 6.57. The maximum absolute atomic E-state index is 5.43. The van der Waals surface area contributed by atoms with E-state index in [2.05, 4.69) is 42.3 Å². The lowest BCUT2D eigenvalue weighted by Gasteiger charge is -2.17. The van der Waals surface area contributed by atoms with E-state index in [1.54, 1.807) is 7.11 Å². The third-order valence-electron chi connectivity index (χ3n) is 4.25. The molecule has 0 spiro atoms. The molecule has 0 saturated carbocycles. The first-order valence-corrected chi connectivity index (χ1v) is 8.24. The minimum Gasteiger partial charge on any atom is -0.496 e. The Kier molecular flexibility index (Phi) is 6.52. The molecule has 1 heterocycles. The van der Waals surface area contributed by atoms with E-state index in [0.717, 1.165) is 37.1 Å². The van der Waals surface area contributed by atoms with Gasteiger partial charge in [0, 0.05) is 13.1 Å². The number of nitrogens with zero attached hydrogens (tertiary/aromatic N) is 1. The lowest BCUT2D eigenvalue weighted by atomic mass is 10.1. The number of ether oxygens (including phenoxy) is 1. The second-order valence-corrected chi connectivity index (χ2v) is 6.57. The van der Waals surface area contributed by atoms with Crippen LogP contribution in [0.25, 0.3) is 0 Å². The Balaban J connectivity index is 1.70. The van der Waals surface area contributed by atoms with E-state index in [9.17, 15) is 0 Å². The van der Waals surface area contributed by atoms with E-state index in [1.807, 2.05) is 6.07 Å². The van der Waals surface area contributed by atoms with Gasteiger partial charge in [0.25, 0.3) is 0 Å². The number of benzene rings is 1. The summed E-state index contributed by atoms with van der Waals surface area (Å²) in [6.07, 6.45) is 2.41. The largest absolute Gasteiger partial charge is 0.496 e. The molecule has 3 heteroatoms. The van der Waals surface area contributed by atoms with E-state index >= 15 is 0 Å². The van der Waals surface area contributed by atoms with Gasteiger partial charge in [-0.3, -0.25) is 0 Å². The third kappa shape index (κ3) is 5.33. The van der Waals surface area contributed by atoms with Crippen molar-refractivity contribution in [3.05, 3.63) is 29.8 Å². The summed E-state index contributed by atoms with van der Waals surface area (Å²) >= 11 is 0. The van der Waals surface area contributed by atoms with Gasteiger partial charge >= 0.3 is 0 Å². The number of rotatable bonds is 8. The normalized spacial score (nSPS) is 19.3. The molecule has 0 aromatic heterocycles. The molecular weight excluding hydrogens is 260 g/mol. The maximum Gasteiger partial charge on any atom is 0.122 e. The molecule has 0 radical (unpaired) electrons. The topological polar surface area (TPSA) is 24.5 Å². The van der Waals surface area contributed by atoms with E-state index in [0.29, 0.717) is 0 Å². The van der Waals surface area contributed by atoms with Gasteiger partial charge < -0.3 is 15.0 Å². The van der Waals surface area contributed by atoms with Crippen LogP contribution in [0, 0.1) is 11.8 Å². The van der Waals surface area contributed by atoms with Crippen LogP contribution in [0.15, 0.2) is 24.3 Å². The van der Waals surface area contributed by atoms with Crippen LogP contribution in [-0.4, -0.2) is 44.7 Å². The summed E-state index contributed by atoms with van der Waals surface area (Å²) in [6.45, 7) is 10.5. The zero-order valence-corrected chi connectivity index (χ0v) is 13.8. The highest BCUT2D eigenvalue weighted by Crippen LogP contribution is 2.20. The predicted octanol–water partition coefficient (Wildman–Crippen LogP) is 2.81. The first-order valence-electron chi connectivity index (χ1n) is 8.24. The Morgan fingerprint density at radius 1 is 1.33 bits per heavy atom. The van der Waals surface area contributed by atoms with Gasteiger partial charge in [-0.05, 0) is 55.9 Å². The third-order valence-corrected chi connectivity index (χ3v) is 4.25. The molecule has 118 valence electrons. The predicted molar refractivity (Wildman–Crippen MR) is 89.0 cm³/mol. The fourth-order valence-corrected chi connectivity index (χ4v) is 3.05. The fourth-order valence-electron chi connectivity index (χ4n) is 3.05. The average Bonchev–Trinajstić information content (AvgIpc) is 2.93. The molecule has 1 aromatic rings. The lowest BCUT2D eigenvalue weighted by Crippen LogP contribution is -2.29. The van der Waals surface area contributed by atoms with Crippen molar-refractivity contribution in [1.29, 1.82) is 0 Å². The van der Waals surface area contributed by atoms with Gasteiger partial charge in [0.1, 0.15) is 5.75 Å². The van der Waals surface area contributed by atoms with E-state index in [-0.39, 0.29) is 0 Å². The van der Waals surface area contributed by atoms with Crippen molar-refractivity contribution >= 4 is 0 Å². The summed E-state index contributed by atoms with van der Waals surface area (Å²) in [5, 5.41) is 3.59. The first-order chi connectivity index (χ1) is 10.2. The maximum atomic E-state index is 5.43. The number of hydrogen-bond donors (Lipinski definition) is 1. The molecule has 0 amide bonds. The highest BCUT2D eigenvalue weighted by atomic mass is 16.5. The standard InChI is InChI=1S/C18H30N2O/c1-15(2)12-19-13-16-8-10-20(14-16)11-9-17-6-4-5-7-18(17)21-3/h4-7,15-16,19H,8-14H2,1-3H3. The first kappa shape index (κ1) is 16.3. The van der Waals surface area contributed by atoms with Gasteiger partial charge in [0.15, 0.2) is 0 Å². The zero-order valence-electron chi connectivity index (χ0n) is 13.8. The summed E-state index contributed by atoms with van der Waals surface area (Å²) < 4.78 is 5.43. The Labute approximate surface area is 129 Å². The number of nitrogens with one attached hydrogen (secondary N) is 1. The quantitative estimate of drug-likeness (QED) is 0.797. The number of para-hydroxylation sites is 1. The van der Waals surface area contributed by atoms with Crippen molar-refractivity contribution < 1.29 is 4.74 Å². The van der Waals surface area contributed by atoms with Crippen LogP contribution in [-0.2, 0) is 6.42 Å². The van der Waals surface area contributed by atoms with Gasteiger partial charge in [-0.2, -0.15) is 0 Å². The minimum atomic E-state index is 0.744. The monoisotopic (exact) mass is 290 g/mol. The average molecular weight is 290 g/mol. The van der Waals surface area contributed by atoms with Crippen LogP contribution in [0.4, 0.5) is 0 Å².